The van der Waals surface area contributed by atoms with Gasteiger partial charge in [0.1, 0.15) is 18.5 Å². The molecule has 2 aromatic rings. The quantitative estimate of drug-likeness (QED) is 0.862. The molecule has 0 spiro atoms. The molecule has 2 N–H and O–H groups in total. The van der Waals surface area contributed by atoms with Crippen molar-refractivity contribution in [2.75, 3.05) is 18.6 Å². The molecule has 114 valence electrons. The third kappa shape index (κ3) is 4.16. The fourth-order valence-electron chi connectivity index (χ4n) is 2.07. The topological polar surface area (TPSA) is 46.4 Å². The van der Waals surface area contributed by atoms with Gasteiger partial charge in [0.15, 0.2) is 0 Å². The van der Waals surface area contributed by atoms with E-state index in [1.54, 1.807) is 12.1 Å². The van der Waals surface area contributed by atoms with Crippen LogP contribution in [0.2, 0.25) is 5.02 Å². The highest BCUT2D eigenvalue weighted by Crippen LogP contribution is 2.21. The Morgan fingerprint density at radius 1 is 1.19 bits per heavy atom. The molecule has 0 fully saturated rings. The van der Waals surface area contributed by atoms with E-state index in [1.165, 1.54) is 0 Å². The highest BCUT2D eigenvalue weighted by molar-refractivity contribution is 6.31. The second-order valence-electron chi connectivity index (χ2n) is 5.19. The van der Waals surface area contributed by atoms with Crippen LogP contribution in [0.3, 0.4) is 0 Å². The number of aryl methyl sites for hydroxylation is 3. The van der Waals surface area contributed by atoms with Gasteiger partial charge < -0.3 is 15.3 Å². The number of rotatable bonds is 6. The zero-order valence-electron chi connectivity index (χ0n) is 12.6. The molecule has 0 amide bonds. The maximum Gasteiger partial charge on any atom is 0.119 e. The highest BCUT2D eigenvalue weighted by atomic mass is 35.5. The predicted molar refractivity (Wildman–Crippen MR) is 85.8 cm³/mol. The minimum absolute atomic E-state index is 0.230. The predicted octanol–water partition coefficient (Wildman–Crippen LogP) is 3.05. The van der Waals surface area contributed by atoms with E-state index < -0.39 is 6.10 Å². The van der Waals surface area contributed by atoms with Gasteiger partial charge >= 0.3 is 0 Å². The molecule has 0 radical (unpaired) electrons. The van der Waals surface area contributed by atoms with E-state index in [0.29, 0.717) is 17.3 Å². The van der Waals surface area contributed by atoms with Crippen LogP contribution in [0, 0.1) is 20.8 Å². The van der Waals surface area contributed by atoms with E-state index >= 15 is 0 Å². The second kappa shape index (κ2) is 6.87. The molecule has 0 bridgehead atoms. The van der Waals surface area contributed by atoms with E-state index in [4.69, 9.17) is 16.3 Å². The Kier molecular flexibility index (Phi) is 5.15. The Morgan fingerprint density at radius 3 is 2.48 bits per heavy atom. The number of benzene rings is 1. The molecule has 4 nitrogen and oxygen atoms in total. The number of aromatic nitrogens is 1. The summed E-state index contributed by atoms with van der Waals surface area (Å²) in [5.41, 5.74) is 6.35. The first kappa shape index (κ1) is 15.7. The Balaban J connectivity index is 1.82. The van der Waals surface area contributed by atoms with Gasteiger partial charge in [-0.2, -0.15) is 0 Å². The first-order valence-corrected chi connectivity index (χ1v) is 7.31. The van der Waals surface area contributed by atoms with Crippen LogP contribution in [0.1, 0.15) is 17.0 Å². The van der Waals surface area contributed by atoms with Crippen molar-refractivity contribution in [3.8, 4) is 5.75 Å². The van der Waals surface area contributed by atoms with Gasteiger partial charge in [-0.25, -0.2) is 0 Å². The van der Waals surface area contributed by atoms with Crippen molar-refractivity contribution in [3.05, 3.63) is 52.3 Å². The largest absolute Gasteiger partial charge is 0.491 e. The van der Waals surface area contributed by atoms with Crippen molar-refractivity contribution < 1.29 is 9.84 Å². The number of halogens is 1. The van der Waals surface area contributed by atoms with E-state index in [0.717, 1.165) is 17.0 Å². The van der Waals surface area contributed by atoms with Gasteiger partial charge in [0.05, 0.1) is 6.54 Å². The molecule has 0 saturated heterocycles. The molecule has 2 rings (SSSR count). The Hall–Kier alpha value is -1.65. The summed E-state index contributed by atoms with van der Waals surface area (Å²) in [5.74, 6) is 0.712. The van der Waals surface area contributed by atoms with Crippen LogP contribution >= 0.6 is 11.6 Å². The zero-order chi connectivity index (χ0) is 15.4. The monoisotopic (exact) mass is 308 g/mol. The number of hydrogen-bond acceptors (Lipinski definition) is 3. The Bertz CT molecular complexity index is 591. The summed E-state index contributed by atoms with van der Waals surface area (Å²) in [6.45, 7) is 6.60. The first-order chi connectivity index (χ1) is 9.97. The van der Waals surface area contributed by atoms with Crippen LogP contribution in [0.4, 0.5) is 0 Å². The van der Waals surface area contributed by atoms with Gasteiger partial charge in [-0.3, -0.25) is 4.68 Å². The summed E-state index contributed by atoms with van der Waals surface area (Å²) in [7, 11) is 0. The lowest BCUT2D eigenvalue weighted by Crippen LogP contribution is -2.31. The maximum atomic E-state index is 9.99. The van der Waals surface area contributed by atoms with E-state index in [1.807, 2.05) is 43.6 Å². The van der Waals surface area contributed by atoms with Gasteiger partial charge in [-0.05, 0) is 56.7 Å². The number of aliphatic hydroxyl groups excluding tert-OH is 1. The molecule has 0 aliphatic carbocycles. The molecular formula is C16H21ClN2O2. The summed E-state index contributed by atoms with van der Waals surface area (Å²) in [5, 5.41) is 10.7. The minimum Gasteiger partial charge on any atom is -0.491 e. The van der Waals surface area contributed by atoms with Gasteiger partial charge in [-0.15, -0.1) is 0 Å². The normalized spacial score (nSPS) is 12.2. The molecular weight excluding hydrogens is 288 g/mol. The van der Waals surface area contributed by atoms with E-state index in [-0.39, 0.29) is 6.61 Å². The van der Waals surface area contributed by atoms with Gasteiger partial charge in [0, 0.05) is 16.4 Å². The SMILES string of the molecule is Cc1cc(OCC(O)CNn2c(C)ccc2C)ccc1Cl. The summed E-state index contributed by atoms with van der Waals surface area (Å²) in [6.07, 6.45) is -0.595. The third-order valence-corrected chi connectivity index (χ3v) is 3.75. The number of aliphatic hydroxyl groups is 1. The van der Waals surface area contributed by atoms with Crippen LogP contribution in [-0.4, -0.2) is 29.0 Å². The van der Waals surface area contributed by atoms with Crippen molar-refractivity contribution in [3.63, 3.8) is 0 Å². The molecule has 0 aliphatic heterocycles. The average Bonchev–Trinajstić information content (AvgIpc) is 2.77. The van der Waals surface area contributed by atoms with Crippen LogP contribution in [0.25, 0.3) is 0 Å². The lowest BCUT2D eigenvalue weighted by molar-refractivity contribution is 0.115. The van der Waals surface area contributed by atoms with Crippen LogP contribution in [-0.2, 0) is 0 Å². The molecule has 21 heavy (non-hydrogen) atoms. The fourth-order valence-corrected chi connectivity index (χ4v) is 2.19. The molecule has 1 unspecified atom stereocenters. The standard InChI is InChI=1S/C16H21ClN2O2/c1-11-8-15(6-7-16(11)17)21-10-14(20)9-18-19-12(2)4-5-13(19)3/h4-8,14,18,20H,9-10H2,1-3H3. The molecule has 1 aromatic heterocycles. The second-order valence-corrected chi connectivity index (χ2v) is 5.60. The van der Waals surface area contributed by atoms with E-state index in [2.05, 4.69) is 5.43 Å². The Morgan fingerprint density at radius 2 is 1.86 bits per heavy atom. The zero-order valence-corrected chi connectivity index (χ0v) is 13.3. The molecule has 1 heterocycles. The van der Waals surface area contributed by atoms with Crippen LogP contribution < -0.4 is 10.2 Å². The summed E-state index contributed by atoms with van der Waals surface area (Å²) >= 11 is 5.96. The summed E-state index contributed by atoms with van der Waals surface area (Å²) < 4.78 is 7.53. The third-order valence-electron chi connectivity index (χ3n) is 3.33. The van der Waals surface area contributed by atoms with Crippen molar-refractivity contribution in [2.24, 2.45) is 0 Å². The van der Waals surface area contributed by atoms with Crippen LogP contribution in [0.15, 0.2) is 30.3 Å². The number of hydrogen-bond donors (Lipinski definition) is 2. The summed E-state index contributed by atoms with van der Waals surface area (Å²) in [6, 6.07) is 9.52. The van der Waals surface area contributed by atoms with Gasteiger partial charge in [0.25, 0.3) is 0 Å². The maximum absolute atomic E-state index is 9.99. The molecule has 5 heteroatoms. The van der Waals surface area contributed by atoms with Gasteiger partial charge in [0.2, 0.25) is 0 Å². The van der Waals surface area contributed by atoms with Crippen molar-refractivity contribution >= 4 is 11.6 Å². The average molecular weight is 309 g/mol. The van der Waals surface area contributed by atoms with Crippen LogP contribution in [0.5, 0.6) is 5.75 Å². The number of nitrogens with one attached hydrogen (secondary N) is 1. The molecule has 1 aromatic carbocycles. The highest BCUT2D eigenvalue weighted by Gasteiger charge is 2.07. The first-order valence-electron chi connectivity index (χ1n) is 6.93. The summed E-state index contributed by atoms with van der Waals surface area (Å²) in [4.78, 5) is 0. The molecule has 0 aliphatic rings. The van der Waals surface area contributed by atoms with Gasteiger partial charge in [-0.1, -0.05) is 11.6 Å². The minimum atomic E-state index is -0.595. The lowest BCUT2D eigenvalue weighted by Gasteiger charge is -2.17. The van der Waals surface area contributed by atoms with Crippen molar-refractivity contribution in [2.45, 2.75) is 26.9 Å². The molecule has 1 atom stereocenters. The lowest BCUT2D eigenvalue weighted by atomic mass is 10.2. The van der Waals surface area contributed by atoms with Crippen molar-refractivity contribution in [1.82, 2.24) is 4.68 Å². The number of ether oxygens (including phenoxy) is 1. The Labute approximate surface area is 130 Å². The molecule has 0 saturated carbocycles. The number of nitrogens with zero attached hydrogens (tertiary/aromatic N) is 1. The van der Waals surface area contributed by atoms with Crippen molar-refractivity contribution in [1.29, 1.82) is 0 Å². The fraction of sp³-hybridized carbons (Fsp3) is 0.375. The van der Waals surface area contributed by atoms with E-state index in [9.17, 15) is 5.11 Å². The smallest absolute Gasteiger partial charge is 0.119 e.